The maximum absolute atomic E-state index is 10.2. The summed E-state index contributed by atoms with van der Waals surface area (Å²) in [4.78, 5) is 43.5. The molecule has 0 aliphatic rings. The van der Waals surface area contributed by atoms with Crippen molar-refractivity contribution in [2.45, 2.75) is 6.10 Å². The molecule has 0 saturated heterocycles. The van der Waals surface area contributed by atoms with Gasteiger partial charge in [0.2, 0.25) is 0 Å². The Kier molecular flexibility index (Phi) is 30.1. The zero-order chi connectivity index (χ0) is 13.8. The van der Waals surface area contributed by atoms with Crippen molar-refractivity contribution in [3.63, 3.8) is 0 Å². The average molecular weight is 357 g/mol. The van der Waals surface area contributed by atoms with Gasteiger partial charge in [-0.25, -0.2) is 0 Å². The van der Waals surface area contributed by atoms with E-state index in [0.717, 1.165) is 0 Å². The summed E-state index contributed by atoms with van der Waals surface area (Å²) in [7, 11) is 0. The van der Waals surface area contributed by atoms with E-state index in [1.54, 1.807) is 25.1 Å². The van der Waals surface area contributed by atoms with Gasteiger partial charge in [-0.15, -0.1) is 26.2 Å². The molecule has 10 heteroatoms. The normalized spacial score (nSPS) is 9.33. The molecule has 0 amide bonds. The van der Waals surface area contributed by atoms with E-state index in [0.29, 0.717) is 0 Å². The van der Waals surface area contributed by atoms with Crippen LogP contribution in [0.1, 0.15) is 2.85 Å². The minimum absolute atomic E-state index is 0. The smallest absolute Gasteiger partial charge is 1.00 e. The van der Waals surface area contributed by atoms with Gasteiger partial charge < -0.3 is 36.9 Å². The third kappa shape index (κ3) is 17.3. The molecule has 0 fully saturated rings. The molecule has 0 aliphatic carbocycles. The Bertz CT molecular complexity index is 251. The van der Waals surface area contributed by atoms with Gasteiger partial charge in [-0.05, 0) is 0 Å². The first-order valence-corrected chi connectivity index (χ1v) is 5.20. The molecular formula is C11H16MnN2Na2O5-4. The van der Waals surface area contributed by atoms with Crippen molar-refractivity contribution in [3.8, 4) is 0 Å². The molecule has 0 aromatic carbocycles. The van der Waals surface area contributed by atoms with Crippen molar-refractivity contribution in [1.29, 1.82) is 0 Å². The van der Waals surface area contributed by atoms with E-state index in [2.05, 4.69) is 0 Å². The molecule has 1 N–H and O–H groups in total. The van der Waals surface area contributed by atoms with E-state index >= 15 is 0 Å². The molecule has 0 unspecified atom stereocenters. The third-order valence-corrected chi connectivity index (χ3v) is 2.09. The maximum atomic E-state index is 10.2. The zero-order valence-electron chi connectivity index (χ0n) is 14.2. The molecule has 113 valence electrons. The van der Waals surface area contributed by atoms with Crippen LogP contribution < -0.4 is 59.1 Å². The first-order valence-electron chi connectivity index (χ1n) is 5.20. The topological polar surface area (TPSA) is 95.0 Å². The van der Waals surface area contributed by atoms with Gasteiger partial charge in [0.05, 0.1) is 6.10 Å². The summed E-state index contributed by atoms with van der Waals surface area (Å²) in [6, 6.07) is 0. The van der Waals surface area contributed by atoms with E-state index in [4.69, 9.17) is 0 Å². The molecule has 1 radical (unpaired) electrons. The fraction of sp³-hybridized carbons (Fsp3) is 0.636. The minimum atomic E-state index is -0.923. The summed E-state index contributed by atoms with van der Waals surface area (Å²) in [5, 5.41) is 9.69. The Morgan fingerprint density at radius 1 is 0.762 bits per heavy atom. The first kappa shape index (κ1) is 30.0. The maximum Gasteiger partial charge on any atom is 1.00 e. The van der Waals surface area contributed by atoms with Crippen molar-refractivity contribution in [1.82, 2.24) is 9.80 Å². The van der Waals surface area contributed by atoms with Gasteiger partial charge in [-0.3, -0.25) is 25.1 Å². The van der Waals surface area contributed by atoms with E-state index in [1.807, 2.05) is 0 Å². The van der Waals surface area contributed by atoms with Crippen LogP contribution in [-0.4, -0.2) is 85.4 Å². The van der Waals surface area contributed by atoms with Gasteiger partial charge in [0, 0.05) is 30.2 Å². The fourth-order valence-electron chi connectivity index (χ4n) is 1.39. The van der Waals surface area contributed by atoms with Crippen molar-refractivity contribution in [2.24, 2.45) is 0 Å². The number of aliphatic hydroxyl groups is 1. The molecule has 0 aliphatic heterocycles. The number of aliphatic hydroxyl groups excluding tert-OH is 1. The fourth-order valence-corrected chi connectivity index (χ4v) is 1.39. The molecule has 0 aromatic heterocycles. The van der Waals surface area contributed by atoms with Crippen molar-refractivity contribution in [3.05, 3.63) is 0 Å². The number of nitrogens with zero attached hydrogens (tertiary/aromatic N) is 2. The van der Waals surface area contributed by atoms with Crippen LogP contribution in [0.5, 0.6) is 0 Å². The largest absolute Gasteiger partial charge is 1.00 e. The van der Waals surface area contributed by atoms with E-state index in [1.165, 1.54) is 9.80 Å². The average Bonchev–Trinajstić information content (AvgIpc) is 2.30. The van der Waals surface area contributed by atoms with Crippen LogP contribution in [0.25, 0.3) is 0 Å². The van der Waals surface area contributed by atoms with Gasteiger partial charge >= 0.3 is 59.1 Å². The number of hydrogen-bond acceptors (Lipinski definition) is 7. The summed E-state index contributed by atoms with van der Waals surface area (Å²) >= 11 is 0. The molecule has 0 rings (SSSR count). The second kappa shape index (κ2) is 21.1. The van der Waals surface area contributed by atoms with Crippen LogP contribution in [0.4, 0.5) is 0 Å². The minimum Gasteiger partial charge on any atom is -1.00 e. The molecule has 0 spiro atoms. The Hall–Kier alpha value is 1.08. The van der Waals surface area contributed by atoms with Crippen LogP contribution in [-0.2, 0) is 36.2 Å². The Morgan fingerprint density at radius 2 is 1.00 bits per heavy atom. The number of rotatable bonds is 12. The van der Waals surface area contributed by atoms with Crippen molar-refractivity contribution >= 4 is 25.1 Å². The predicted octanol–water partition coefficient (Wildman–Crippen LogP) is -8.38. The second-order valence-electron chi connectivity index (χ2n) is 3.57. The molecule has 0 heterocycles. The van der Waals surface area contributed by atoms with Crippen molar-refractivity contribution < 1.29 is 103 Å². The van der Waals surface area contributed by atoms with E-state index < -0.39 is 6.10 Å². The van der Waals surface area contributed by atoms with Gasteiger partial charge in [-0.2, -0.15) is 0 Å². The van der Waals surface area contributed by atoms with Gasteiger partial charge in [0.25, 0.3) is 0 Å². The van der Waals surface area contributed by atoms with Gasteiger partial charge in [0.1, 0.15) is 0 Å². The van der Waals surface area contributed by atoms with E-state index in [9.17, 15) is 24.3 Å². The number of carbonyl (C=O) groups excluding carboxylic acids is 4. The van der Waals surface area contributed by atoms with Crippen LogP contribution in [0.2, 0.25) is 0 Å². The quantitative estimate of drug-likeness (QED) is 0.274. The van der Waals surface area contributed by atoms with Gasteiger partial charge in [0.15, 0.2) is 0 Å². The summed E-state index contributed by atoms with van der Waals surface area (Å²) in [5.74, 6) is 0. The Morgan fingerprint density at radius 3 is 1.19 bits per heavy atom. The molecular weight excluding hydrogens is 341 g/mol. The molecule has 21 heavy (non-hydrogen) atoms. The summed E-state index contributed by atoms with van der Waals surface area (Å²) in [6.07, 6.45) is 5.51. The van der Waals surface area contributed by atoms with E-state index in [-0.39, 0.29) is 118 Å². The standard InChI is InChI=1S/C11H14N2O5.Mn.2Na.2H/c14-5-1-12(2-6-15)9-11(18)10-13(3-7-16)4-8-17;;;;;/h11,18H,1-4,9-10H2;;;;;/q-4;;2*+1;2*-1. The Labute approximate surface area is 182 Å². The zero-order valence-corrected chi connectivity index (χ0v) is 17.4. The number of hydrogen-bond donors (Lipinski definition) is 1. The van der Waals surface area contributed by atoms with Crippen molar-refractivity contribution in [2.75, 3.05) is 39.3 Å². The Balaban J connectivity index is -0.000000144. The summed E-state index contributed by atoms with van der Waals surface area (Å²) in [6.45, 7) is -0.396. The van der Waals surface area contributed by atoms with Crippen LogP contribution in [0, 0.1) is 0 Å². The SMILES string of the molecule is O=[C-]CN(C[C-]=O)CC(O)CN(C[C-]=O)C[C-]=O.[H-].[H-].[Mn].[Na+].[Na+]. The summed E-state index contributed by atoms with van der Waals surface area (Å²) in [5.41, 5.74) is 0. The molecule has 0 atom stereocenters. The molecule has 0 saturated carbocycles. The second-order valence-corrected chi connectivity index (χ2v) is 3.57. The van der Waals surface area contributed by atoms with Crippen LogP contribution in [0.3, 0.4) is 0 Å². The van der Waals surface area contributed by atoms with Crippen LogP contribution in [0.15, 0.2) is 0 Å². The summed E-state index contributed by atoms with van der Waals surface area (Å²) < 4.78 is 0. The van der Waals surface area contributed by atoms with Crippen LogP contribution >= 0.6 is 0 Å². The molecule has 0 aromatic rings. The first-order chi connectivity index (χ1) is 8.67. The monoisotopic (exact) mass is 357 g/mol. The predicted molar refractivity (Wildman–Crippen MR) is 63.9 cm³/mol. The molecule has 0 bridgehead atoms. The molecule has 7 nitrogen and oxygen atoms in total. The van der Waals surface area contributed by atoms with Gasteiger partial charge in [-0.1, -0.05) is 0 Å². The third-order valence-electron chi connectivity index (χ3n) is 2.09.